The van der Waals surface area contributed by atoms with Crippen molar-refractivity contribution in [2.45, 2.75) is 45.0 Å². The fraction of sp³-hybridized carbons (Fsp3) is 0.455. The number of amides is 1. The smallest absolute Gasteiger partial charge is 0.251 e. The van der Waals surface area contributed by atoms with Crippen molar-refractivity contribution < 1.29 is 27.2 Å². The van der Waals surface area contributed by atoms with E-state index in [1.807, 2.05) is 0 Å². The van der Waals surface area contributed by atoms with Crippen molar-refractivity contribution in [1.29, 1.82) is 0 Å². The fourth-order valence-electron chi connectivity index (χ4n) is 4.68. The quantitative estimate of drug-likeness (QED) is 0.524. The minimum Gasteiger partial charge on any atom is -0.312 e. The zero-order chi connectivity index (χ0) is 22.4. The maximum Gasteiger partial charge on any atom is 0.251 e. The summed E-state index contributed by atoms with van der Waals surface area (Å²) in [6.07, 6.45) is 0.523. The van der Waals surface area contributed by atoms with E-state index in [1.54, 1.807) is 6.92 Å². The molecule has 1 aliphatic carbocycles. The normalized spacial score (nSPS) is 25.3. The number of Topliss-reactive ketones (excluding diaryl/α,β-unsaturated/α-hetero) is 1. The second-order valence-corrected chi connectivity index (χ2v) is 8.39. The molecule has 1 aromatic carbocycles. The summed E-state index contributed by atoms with van der Waals surface area (Å²) in [4.78, 5) is 34.9. The molecule has 0 bridgehead atoms. The number of carbonyl (C=O) groups excluding carboxylic acids is 2. The zero-order valence-corrected chi connectivity index (χ0v) is 16.9. The summed E-state index contributed by atoms with van der Waals surface area (Å²) in [6, 6.07) is 4.19. The predicted octanol–water partition coefficient (Wildman–Crippen LogP) is 4.49. The van der Waals surface area contributed by atoms with E-state index in [4.69, 9.17) is 0 Å². The number of hydrogen-bond acceptors (Lipinski definition) is 4. The molecular weight excluding hydrogens is 414 g/mol. The highest BCUT2D eigenvalue weighted by atomic mass is 19.3. The molecule has 1 aliphatic heterocycles. The number of benzene rings is 1. The topological polar surface area (TPSA) is 63.2 Å². The molecule has 1 spiro atoms. The minimum absolute atomic E-state index is 0.0373. The van der Waals surface area contributed by atoms with Gasteiger partial charge in [-0.1, -0.05) is 0 Å². The number of hydrogen-bond donors (Lipinski definition) is 0. The van der Waals surface area contributed by atoms with E-state index in [2.05, 4.69) is 9.97 Å². The third-order valence-corrected chi connectivity index (χ3v) is 6.34. The Balaban J connectivity index is 1.56. The van der Waals surface area contributed by atoms with Gasteiger partial charge in [0.2, 0.25) is 5.91 Å². The van der Waals surface area contributed by atoms with Crippen LogP contribution in [-0.2, 0) is 4.79 Å². The molecule has 5 nitrogen and oxygen atoms in total. The van der Waals surface area contributed by atoms with E-state index >= 15 is 0 Å². The van der Waals surface area contributed by atoms with Gasteiger partial charge in [-0.2, -0.15) is 0 Å². The van der Waals surface area contributed by atoms with Crippen LogP contribution in [-0.4, -0.2) is 34.1 Å². The van der Waals surface area contributed by atoms with Gasteiger partial charge >= 0.3 is 0 Å². The maximum atomic E-state index is 14.7. The van der Waals surface area contributed by atoms with Crippen LogP contribution >= 0.6 is 0 Å². The average molecular weight is 435 g/mol. The van der Waals surface area contributed by atoms with E-state index in [0.29, 0.717) is 11.9 Å². The van der Waals surface area contributed by atoms with Gasteiger partial charge in [0.25, 0.3) is 5.92 Å². The van der Waals surface area contributed by atoms with Crippen LogP contribution in [0, 0.1) is 29.9 Å². The molecule has 1 aromatic heterocycles. The van der Waals surface area contributed by atoms with Crippen LogP contribution in [0.1, 0.15) is 48.4 Å². The van der Waals surface area contributed by atoms with Crippen molar-refractivity contribution in [3.8, 4) is 0 Å². The van der Waals surface area contributed by atoms with E-state index in [1.165, 1.54) is 17.2 Å². The Morgan fingerprint density at radius 3 is 2.55 bits per heavy atom. The largest absolute Gasteiger partial charge is 0.312 e. The molecule has 4 rings (SSSR count). The molecule has 2 unspecified atom stereocenters. The van der Waals surface area contributed by atoms with Gasteiger partial charge in [-0.15, -0.1) is 0 Å². The van der Waals surface area contributed by atoms with Gasteiger partial charge in [0.1, 0.15) is 23.2 Å². The number of alkyl halides is 2. The first kappa shape index (κ1) is 21.4. The highest BCUT2D eigenvalue weighted by Crippen LogP contribution is 2.53. The molecule has 1 saturated carbocycles. The molecule has 2 atom stereocenters. The van der Waals surface area contributed by atoms with Crippen molar-refractivity contribution in [2.75, 3.05) is 11.4 Å². The lowest BCUT2D eigenvalue weighted by Gasteiger charge is -2.41. The Morgan fingerprint density at radius 1 is 1.16 bits per heavy atom. The van der Waals surface area contributed by atoms with Gasteiger partial charge < -0.3 is 4.90 Å². The van der Waals surface area contributed by atoms with Crippen LogP contribution in [0.15, 0.2) is 30.5 Å². The van der Waals surface area contributed by atoms with Crippen molar-refractivity contribution in [1.82, 2.24) is 9.97 Å². The molecular formula is C22H21F4N3O2. The number of nitrogens with zero attached hydrogens (tertiary/aromatic N) is 3. The van der Waals surface area contributed by atoms with E-state index in [-0.39, 0.29) is 37.2 Å². The van der Waals surface area contributed by atoms with E-state index < -0.39 is 53.4 Å². The lowest BCUT2D eigenvalue weighted by atomic mass is 9.66. The molecule has 9 heteroatoms. The van der Waals surface area contributed by atoms with E-state index in [9.17, 15) is 27.2 Å². The number of rotatable bonds is 4. The number of anilines is 1. The van der Waals surface area contributed by atoms with Crippen LogP contribution in [0.25, 0.3) is 0 Å². The SMILES string of the molecule is Cc1nccc(C(=O)CC2CC3(CCN(c4cc(F)cc(F)c4)C3=O)CCC2(F)F)n1. The highest BCUT2D eigenvalue weighted by molar-refractivity contribution is 6.00. The average Bonchev–Trinajstić information content (AvgIpc) is 3.00. The second kappa shape index (κ2) is 7.69. The first-order valence-electron chi connectivity index (χ1n) is 10.1. The van der Waals surface area contributed by atoms with E-state index in [0.717, 1.165) is 12.1 Å². The van der Waals surface area contributed by atoms with Crippen molar-refractivity contribution >= 4 is 17.4 Å². The number of carbonyl (C=O) groups is 2. The summed E-state index contributed by atoms with van der Waals surface area (Å²) in [5.74, 6) is -6.64. The Morgan fingerprint density at radius 2 is 1.87 bits per heavy atom. The highest BCUT2D eigenvalue weighted by Gasteiger charge is 2.57. The van der Waals surface area contributed by atoms with Gasteiger partial charge in [0.15, 0.2) is 5.78 Å². The summed E-state index contributed by atoms with van der Waals surface area (Å²) in [6.45, 7) is 1.78. The Kier molecular flexibility index (Phi) is 5.31. The second-order valence-electron chi connectivity index (χ2n) is 8.39. The molecule has 1 amide bonds. The van der Waals surface area contributed by atoms with Gasteiger partial charge in [-0.3, -0.25) is 9.59 Å². The summed E-state index contributed by atoms with van der Waals surface area (Å²) < 4.78 is 56.6. The number of aryl methyl sites for hydroxylation is 1. The predicted molar refractivity (Wildman–Crippen MR) is 104 cm³/mol. The molecule has 1 saturated heterocycles. The van der Waals surface area contributed by atoms with Crippen LogP contribution < -0.4 is 4.90 Å². The van der Waals surface area contributed by atoms with Crippen LogP contribution in [0.3, 0.4) is 0 Å². The molecule has 2 aliphatic rings. The lowest BCUT2D eigenvalue weighted by Crippen LogP contribution is -2.46. The van der Waals surface area contributed by atoms with Crippen LogP contribution in [0.5, 0.6) is 0 Å². The Bertz CT molecular complexity index is 1020. The van der Waals surface area contributed by atoms with Gasteiger partial charge in [-0.25, -0.2) is 27.5 Å². The lowest BCUT2D eigenvalue weighted by molar-refractivity contribution is -0.143. The van der Waals surface area contributed by atoms with Gasteiger partial charge in [0.05, 0.1) is 5.41 Å². The van der Waals surface area contributed by atoms with Gasteiger partial charge in [-0.05, 0) is 44.4 Å². The molecule has 2 heterocycles. The van der Waals surface area contributed by atoms with Crippen molar-refractivity contribution in [2.24, 2.45) is 11.3 Å². The maximum absolute atomic E-state index is 14.7. The van der Waals surface area contributed by atoms with Gasteiger partial charge in [0, 0.05) is 43.3 Å². The standard InChI is InChI=1S/C22H21F4N3O2/c1-13-27-6-2-18(28-13)19(30)8-14-12-21(3-4-22(14,25)26)5-7-29(20(21)31)17-10-15(23)9-16(24)11-17/h2,6,9-11,14H,3-5,7-8,12H2,1H3. The van der Waals surface area contributed by atoms with Crippen molar-refractivity contribution in [3.05, 3.63) is 53.6 Å². The number of ketones is 1. The molecule has 2 fully saturated rings. The number of halogens is 4. The third kappa shape index (κ3) is 4.05. The Labute approximate surface area is 176 Å². The zero-order valence-electron chi connectivity index (χ0n) is 16.9. The molecule has 2 aromatic rings. The fourth-order valence-corrected chi connectivity index (χ4v) is 4.68. The molecule has 0 radical (unpaired) electrons. The summed E-state index contributed by atoms with van der Waals surface area (Å²) in [7, 11) is 0. The number of aromatic nitrogens is 2. The monoisotopic (exact) mass is 435 g/mol. The summed E-state index contributed by atoms with van der Waals surface area (Å²) >= 11 is 0. The molecule has 164 valence electrons. The van der Waals surface area contributed by atoms with Crippen LogP contribution in [0.2, 0.25) is 0 Å². The summed E-state index contributed by atoms with van der Waals surface area (Å²) in [5, 5.41) is 0. The minimum atomic E-state index is -3.10. The third-order valence-electron chi connectivity index (χ3n) is 6.34. The Hall–Kier alpha value is -2.84. The first-order valence-corrected chi connectivity index (χ1v) is 10.1. The molecule has 0 N–H and O–H groups in total. The first-order chi connectivity index (χ1) is 14.6. The van der Waals surface area contributed by atoms with Crippen LogP contribution in [0.4, 0.5) is 23.2 Å². The van der Waals surface area contributed by atoms with Crippen molar-refractivity contribution in [3.63, 3.8) is 0 Å². The summed E-state index contributed by atoms with van der Waals surface area (Å²) in [5.41, 5.74) is -0.935. The molecule has 31 heavy (non-hydrogen) atoms.